The fourth-order valence-corrected chi connectivity index (χ4v) is 4.01. The van der Waals surface area contributed by atoms with E-state index >= 15 is 0 Å². The first-order chi connectivity index (χ1) is 8.95. The van der Waals surface area contributed by atoms with Crippen molar-refractivity contribution in [3.05, 3.63) is 0 Å². The van der Waals surface area contributed by atoms with Gasteiger partial charge in [0.2, 0.25) is 5.91 Å². The number of primary amides is 1. The fraction of sp³-hybridized carbons (Fsp3) is 0.933. The van der Waals surface area contributed by atoms with Gasteiger partial charge in [-0.05, 0) is 44.1 Å². The number of carbonyl (C=O) groups is 1. The molecule has 0 radical (unpaired) electrons. The Kier molecular flexibility index (Phi) is 4.85. The molecule has 2 aliphatic rings. The Labute approximate surface area is 117 Å². The summed E-state index contributed by atoms with van der Waals surface area (Å²) in [5.41, 5.74) is 5.47. The molecule has 19 heavy (non-hydrogen) atoms. The van der Waals surface area contributed by atoms with Gasteiger partial charge in [-0.2, -0.15) is 0 Å². The van der Waals surface area contributed by atoms with E-state index in [2.05, 4.69) is 17.3 Å². The number of rotatable bonds is 7. The monoisotopic (exact) mass is 267 g/mol. The lowest BCUT2D eigenvalue weighted by Crippen LogP contribution is -2.51. The second-order valence-corrected chi connectivity index (χ2v) is 6.93. The molecule has 0 saturated heterocycles. The molecule has 3 N–H and O–H groups in total. The molecule has 0 aromatic heterocycles. The Balaban J connectivity index is 1.79. The molecule has 2 bridgehead atoms. The standard InChI is InChI=1S/C15H29N3O/c1-10(2)17-14(15(16)19)9-18(3)8-13-7-11-4-5-12(13)6-11/h10-14,17H,4-9H2,1-3H3,(H2,16,19). The quantitative estimate of drug-likeness (QED) is 0.729. The van der Waals surface area contributed by atoms with Gasteiger partial charge in [0.25, 0.3) is 0 Å². The highest BCUT2D eigenvalue weighted by atomic mass is 16.1. The van der Waals surface area contributed by atoms with Crippen molar-refractivity contribution in [3.63, 3.8) is 0 Å². The van der Waals surface area contributed by atoms with Gasteiger partial charge in [0.1, 0.15) is 0 Å². The van der Waals surface area contributed by atoms with Crippen LogP contribution in [0.25, 0.3) is 0 Å². The average molecular weight is 267 g/mol. The summed E-state index contributed by atoms with van der Waals surface area (Å²) in [7, 11) is 2.12. The van der Waals surface area contributed by atoms with Gasteiger partial charge < -0.3 is 16.0 Å². The van der Waals surface area contributed by atoms with Crippen LogP contribution in [0.2, 0.25) is 0 Å². The minimum absolute atomic E-state index is 0.233. The summed E-state index contributed by atoms with van der Waals surface area (Å²) in [6.45, 7) is 5.93. The number of likely N-dealkylation sites (N-methyl/N-ethyl adjacent to an activating group) is 1. The summed E-state index contributed by atoms with van der Waals surface area (Å²) >= 11 is 0. The maximum absolute atomic E-state index is 11.5. The van der Waals surface area contributed by atoms with Crippen LogP contribution >= 0.6 is 0 Å². The largest absolute Gasteiger partial charge is 0.368 e. The van der Waals surface area contributed by atoms with Crippen LogP contribution in [0.15, 0.2) is 0 Å². The van der Waals surface area contributed by atoms with Crippen LogP contribution in [0.1, 0.15) is 39.5 Å². The van der Waals surface area contributed by atoms with E-state index in [9.17, 15) is 4.79 Å². The Morgan fingerprint density at radius 2 is 2.11 bits per heavy atom. The Morgan fingerprint density at radius 1 is 1.37 bits per heavy atom. The molecule has 4 atom stereocenters. The van der Waals surface area contributed by atoms with Crippen LogP contribution in [0.3, 0.4) is 0 Å². The van der Waals surface area contributed by atoms with E-state index < -0.39 is 0 Å². The van der Waals surface area contributed by atoms with Gasteiger partial charge in [-0.3, -0.25) is 4.79 Å². The molecular formula is C15H29N3O. The Bertz CT molecular complexity index is 319. The van der Waals surface area contributed by atoms with Crippen molar-refractivity contribution >= 4 is 5.91 Å². The van der Waals surface area contributed by atoms with Crippen LogP contribution in [0, 0.1) is 17.8 Å². The molecule has 2 aliphatic carbocycles. The van der Waals surface area contributed by atoms with E-state index in [-0.39, 0.29) is 18.0 Å². The number of fused-ring (bicyclic) bond motifs is 2. The zero-order valence-corrected chi connectivity index (χ0v) is 12.6. The van der Waals surface area contributed by atoms with Crippen molar-refractivity contribution < 1.29 is 4.79 Å². The molecule has 4 heteroatoms. The molecule has 2 saturated carbocycles. The summed E-state index contributed by atoms with van der Waals surface area (Å²) in [4.78, 5) is 13.8. The third kappa shape index (κ3) is 3.93. The van der Waals surface area contributed by atoms with Gasteiger partial charge in [-0.25, -0.2) is 0 Å². The number of carbonyl (C=O) groups excluding carboxylic acids is 1. The van der Waals surface area contributed by atoms with Gasteiger partial charge >= 0.3 is 0 Å². The molecule has 0 spiro atoms. The predicted octanol–water partition coefficient (Wildman–Crippen LogP) is 1.21. The van der Waals surface area contributed by atoms with Crippen molar-refractivity contribution in [2.24, 2.45) is 23.5 Å². The highest BCUT2D eigenvalue weighted by Gasteiger charge is 2.39. The second kappa shape index (κ2) is 6.23. The lowest BCUT2D eigenvalue weighted by Gasteiger charge is -2.29. The number of nitrogens with one attached hydrogen (secondary N) is 1. The highest BCUT2D eigenvalue weighted by Crippen LogP contribution is 2.48. The van der Waals surface area contributed by atoms with Gasteiger partial charge in [0.05, 0.1) is 6.04 Å². The smallest absolute Gasteiger partial charge is 0.235 e. The third-order valence-corrected chi connectivity index (χ3v) is 4.80. The SMILES string of the molecule is CC(C)NC(CN(C)CC1CC2CCC1C2)C(N)=O. The van der Waals surface area contributed by atoms with Crippen molar-refractivity contribution in [2.45, 2.75) is 51.6 Å². The maximum Gasteiger partial charge on any atom is 0.235 e. The molecule has 110 valence electrons. The minimum atomic E-state index is -0.242. The highest BCUT2D eigenvalue weighted by molar-refractivity contribution is 5.80. The van der Waals surface area contributed by atoms with Crippen molar-refractivity contribution in [1.29, 1.82) is 0 Å². The van der Waals surface area contributed by atoms with Crippen LogP contribution in [0.4, 0.5) is 0 Å². The summed E-state index contributed by atoms with van der Waals surface area (Å²) in [5.74, 6) is 2.53. The molecule has 2 fully saturated rings. The van der Waals surface area contributed by atoms with Crippen molar-refractivity contribution in [1.82, 2.24) is 10.2 Å². The zero-order valence-electron chi connectivity index (χ0n) is 12.6. The van der Waals surface area contributed by atoms with Gasteiger partial charge in [0.15, 0.2) is 0 Å². The van der Waals surface area contributed by atoms with Crippen LogP contribution in [-0.4, -0.2) is 43.0 Å². The fourth-order valence-electron chi connectivity index (χ4n) is 4.01. The van der Waals surface area contributed by atoms with Crippen LogP contribution in [-0.2, 0) is 4.79 Å². The Hall–Kier alpha value is -0.610. The molecule has 0 aromatic carbocycles. The average Bonchev–Trinajstić information content (AvgIpc) is 2.89. The summed E-state index contributed by atoms with van der Waals surface area (Å²) in [5, 5.41) is 3.25. The second-order valence-electron chi connectivity index (χ2n) is 6.93. The summed E-state index contributed by atoms with van der Waals surface area (Å²) in [6, 6.07) is 0.0528. The zero-order chi connectivity index (χ0) is 14.0. The van der Waals surface area contributed by atoms with E-state index in [1.807, 2.05) is 13.8 Å². The van der Waals surface area contributed by atoms with E-state index in [1.54, 1.807) is 0 Å². The molecule has 4 nitrogen and oxygen atoms in total. The molecule has 4 unspecified atom stereocenters. The summed E-state index contributed by atoms with van der Waals surface area (Å²) < 4.78 is 0. The number of amides is 1. The van der Waals surface area contributed by atoms with Crippen LogP contribution < -0.4 is 11.1 Å². The van der Waals surface area contributed by atoms with Gasteiger partial charge in [-0.15, -0.1) is 0 Å². The first-order valence-electron chi connectivity index (χ1n) is 7.69. The molecule has 2 rings (SSSR count). The minimum Gasteiger partial charge on any atom is -0.368 e. The third-order valence-electron chi connectivity index (χ3n) is 4.80. The van der Waals surface area contributed by atoms with Gasteiger partial charge in [0, 0.05) is 19.1 Å². The molecule has 0 aliphatic heterocycles. The normalized spacial score (nSPS) is 31.3. The summed E-state index contributed by atoms with van der Waals surface area (Å²) in [6.07, 6.45) is 5.71. The van der Waals surface area contributed by atoms with Gasteiger partial charge in [-0.1, -0.05) is 20.3 Å². The first-order valence-corrected chi connectivity index (χ1v) is 7.69. The molecular weight excluding hydrogens is 238 g/mol. The molecule has 0 aromatic rings. The first kappa shape index (κ1) is 14.8. The van der Waals surface area contributed by atoms with Crippen molar-refractivity contribution in [3.8, 4) is 0 Å². The van der Waals surface area contributed by atoms with E-state index in [1.165, 1.54) is 25.7 Å². The topological polar surface area (TPSA) is 58.4 Å². The Morgan fingerprint density at radius 3 is 2.58 bits per heavy atom. The number of nitrogens with zero attached hydrogens (tertiary/aromatic N) is 1. The lowest BCUT2D eigenvalue weighted by atomic mass is 9.88. The van der Waals surface area contributed by atoms with Crippen molar-refractivity contribution in [2.75, 3.05) is 20.1 Å². The number of nitrogens with two attached hydrogens (primary N) is 1. The van der Waals surface area contributed by atoms with Crippen LogP contribution in [0.5, 0.6) is 0 Å². The van der Waals surface area contributed by atoms with E-state index in [0.29, 0.717) is 0 Å². The number of hydrogen-bond acceptors (Lipinski definition) is 3. The maximum atomic E-state index is 11.5. The molecule has 1 amide bonds. The number of hydrogen-bond donors (Lipinski definition) is 2. The van der Waals surface area contributed by atoms with E-state index in [4.69, 9.17) is 5.73 Å². The predicted molar refractivity (Wildman–Crippen MR) is 77.7 cm³/mol. The molecule has 0 heterocycles. The lowest BCUT2D eigenvalue weighted by molar-refractivity contribution is -0.120. The van der Waals surface area contributed by atoms with E-state index in [0.717, 1.165) is 30.8 Å².